The molecular weight excluding hydrogens is 259 g/mol. The van der Waals surface area contributed by atoms with Gasteiger partial charge >= 0.3 is 6.18 Å². The molecule has 1 heterocycles. The molecule has 0 aromatic carbocycles. The first-order valence-electron chi connectivity index (χ1n) is 4.78. The number of hydrogen-bond donors (Lipinski definition) is 1. The Hall–Kier alpha value is -1.08. The lowest BCUT2D eigenvalue weighted by molar-refractivity contribution is -0.141. The van der Waals surface area contributed by atoms with E-state index in [1.54, 1.807) is 0 Å². The summed E-state index contributed by atoms with van der Waals surface area (Å²) in [5.41, 5.74) is -1.06. The van der Waals surface area contributed by atoms with E-state index in [9.17, 15) is 13.2 Å². The molecule has 0 saturated heterocycles. The SMILES string of the molecule is COCCCNc1nc(Cl)cc(C(F)(F)F)n1. The minimum atomic E-state index is -4.53. The molecule has 0 aliphatic heterocycles. The van der Waals surface area contributed by atoms with Crippen LogP contribution in [0.4, 0.5) is 19.1 Å². The van der Waals surface area contributed by atoms with Crippen LogP contribution in [-0.2, 0) is 10.9 Å². The Bertz CT molecular complexity index is 373. The van der Waals surface area contributed by atoms with Crippen molar-refractivity contribution in [2.75, 3.05) is 25.6 Å². The molecule has 0 saturated carbocycles. The normalized spacial score (nSPS) is 11.6. The number of hydrogen-bond acceptors (Lipinski definition) is 4. The zero-order chi connectivity index (χ0) is 12.9. The van der Waals surface area contributed by atoms with Crippen molar-refractivity contribution in [1.82, 2.24) is 9.97 Å². The molecule has 0 aliphatic rings. The predicted molar refractivity (Wildman–Crippen MR) is 57.0 cm³/mol. The maximum Gasteiger partial charge on any atom is 0.433 e. The highest BCUT2D eigenvalue weighted by Gasteiger charge is 2.33. The first-order chi connectivity index (χ1) is 7.93. The zero-order valence-corrected chi connectivity index (χ0v) is 9.77. The number of rotatable bonds is 5. The summed E-state index contributed by atoms with van der Waals surface area (Å²) in [6.07, 6.45) is -3.90. The fourth-order valence-electron chi connectivity index (χ4n) is 1.06. The van der Waals surface area contributed by atoms with Gasteiger partial charge in [0.05, 0.1) is 0 Å². The molecule has 0 atom stereocenters. The summed E-state index contributed by atoms with van der Waals surface area (Å²) < 4.78 is 42.0. The summed E-state index contributed by atoms with van der Waals surface area (Å²) in [7, 11) is 1.54. The molecule has 0 radical (unpaired) electrons. The molecule has 0 fully saturated rings. The number of anilines is 1. The fourth-order valence-corrected chi connectivity index (χ4v) is 1.24. The summed E-state index contributed by atoms with van der Waals surface area (Å²) in [5, 5.41) is 2.40. The highest BCUT2D eigenvalue weighted by atomic mass is 35.5. The van der Waals surface area contributed by atoms with E-state index in [0.29, 0.717) is 25.6 Å². The van der Waals surface area contributed by atoms with Crippen LogP contribution in [0.1, 0.15) is 12.1 Å². The van der Waals surface area contributed by atoms with Gasteiger partial charge in [-0.3, -0.25) is 0 Å². The van der Waals surface area contributed by atoms with Gasteiger partial charge in [-0.2, -0.15) is 13.2 Å². The van der Waals surface area contributed by atoms with Crippen molar-refractivity contribution in [3.63, 3.8) is 0 Å². The lowest BCUT2D eigenvalue weighted by atomic mass is 10.4. The van der Waals surface area contributed by atoms with Crippen LogP contribution >= 0.6 is 11.6 Å². The van der Waals surface area contributed by atoms with Crippen LogP contribution in [0.25, 0.3) is 0 Å². The second-order valence-corrected chi connectivity index (χ2v) is 3.56. The van der Waals surface area contributed by atoms with Crippen molar-refractivity contribution in [3.8, 4) is 0 Å². The average Bonchev–Trinajstić information content (AvgIpc) is 2.22. The van der Waals surface area contributed by atoms with Crippen LogP contribution < -0.4 is 5.32 Å². The second kappa shape index (κ2) is 6.02. The largest absolute Gasteiger partial charge is 0.433 e. The van der Waals surface area contributed by atoms with Crippen molar-refractivity contribution in [2.24, 2.45) is 0 Å². The van der Waals surface area contributed by atoms with Gasteiger partial charge in [-0.25, -0.2) is 9.97 Å². The minimum absolute atomic E-state index is 0.138. The first kappa shape index (κ1) is 14.0. The quantitative estimate of drug-likeness (QED) is 0.659. The summed E-state index contributed by atoms with van der Waals surface area (Å²) in [5.74, 6) is -0.138. The zero-order valence-electron chi connectivity index (χ0n) is 9.01. The van der Waals surface area contributed by atoms with Crippen LogP contribution in [0.3, 0.4) is 0 Å². The maximum atomic E-state index is 12.4. The minimum Gasteiger partial charge on any atom is -0.385 e. The van der Waals surface area contributed by atoms with Gasteiger partial charge in [0.15, 0.2) is 5.69 Å². The Labute approximate surface area is 101 Å². The second-order valence-electron chi connectivity index (χ2n) is 3.17. The van der Waals surface area contributed by atoms with Gasteiger partial charge in [-0.1, -0.05) is 11.6 Å². The molecular formula is C9H11ClF3N3O. The summed E-state index contributed by atoms with van der Waals surface area (Å²) in [6, 6.07) is 0.682. The lowest BCUT2D eigenvalue weighted by Crippen LogP contribution is -2.13. The van der Waals surface area contributed by atoms with Crippen LogP contribution in [-0.4, -0.2) is 30.2 Å². The molecule has 1 aromatic rings. The Morgan fingerprint density at radius 2 is 2.12 bits per heavy atom. The fraction of sp³-hybridized carbons (Fsp3) is 0.556. The third-order valence-corrected chi connectivity index (χ3v) is 1.99. The third-order valence-electron chi connectivity index (χ3n) is 1.79. The molecule has 96 valence electrons. The Morgan fingerprint density at radius 3 is 2.71 bits per heavy atom. The summed E-state index contributed by atoms with van der Waals surface area (Å²) in [6.45, 7) is 0.908. The molecule has 8 heteroatoms. The molecule has 0 aliphatic carbocycles. The van der Waals surface area contributed by atoms with Gasteiger partial charge in [0.1, 0.15) is 5.15 Å². The van der Waals surface area contributed by atoms with Crippen molar-refractivity contribution in [1.29, 1.82) is 0 Å². The van der Waals surface area contributed by atoms with Crippen LogP contribution in [0, 0.1) is 0 Å². The van der Waals surface area contributed by atoms with Gasteiger partial charge in [-0.05, 0) is 6.42 Å². The van der Waals surface area contributed by atoms with E-state index in [0.717, 1.165) is 0 Å². The maximum absolute atomic E-state index is 12.4. The number of nitrogens with one attached hydrogen (secondary N) is 1. The van der Waals surface area contributed by atoms with E-state index in [4.69, 9.17) is 16.3 Å². The molecule has 0 spiro atoms. The van der Waals surface area contributed by atoms with E-state index in [-0.39, 0.29) is 11.1 Å². The molecule has 1 N–H and O–H groups in total. The smallest absolute Gasteiger partial charge is 0.385 e. The molecule has 1 rings (SSSR count). The Morgan fingerprint density at radius 1 is 1.41 bits per heavy atom. The third kappa shape index (κ3) is 4.74. The molecule has 17 heavy (non-hydrogen) atoms. The average molecular weight is 270 g/mol. The van der Waals surface area contributed by atoms with Crippen molar-refractivity contribution < 1.29 is 17.9 Å². The number of halogens is 4. The summed E-state index contributed by atoms with van der Waals surface area (Å²) >= 11 is 5.48. The molecule has 0 bridgehead atoms. The highest BCUT2D eigenvalue weighted by Crippen LogP contribution is 2.29. The number of alkyl halides is 3. The van der Waals surface area contributed by atoms with Gasteiger partial charge in [0.2, 0.25) is 5.95 Å². The number of methoxy groups -OCH3 is 1. The van der Waals surface area contributed by atoms with Crippen LogP contribution in [0.15, 0.2) is 6.07 Å². The molecule has 0 amide bonds. The summed E-state index contributed by atoms with van der Waals surface area (Å²) in [4.78, 5) is 6.98. The van der Waals surface area contributed by atoms with Gasteiger partial charge < -0.3 is 10.1 Å². The first-order valence-corrected chi connectivity index (χ1v) is 5.16. The molecule has 4 nitrogen and oxygen atoms in total. The topological polar surface area (TPSA) is 47.0 Å². The van der Waals surface area contributed by atoms with Gasteiger partial charge in [0.25, 0.3) is 0 Å². The van der Waals surface area contributed by atoms with Crippen molar-refractivity contribution in [2.45, 2.75) is 12.6 Å². The Balaban J connectivity index is 2.69. The number of nitrogens with zero attached hydrogens (tertiary/aromatic N) is 2. The van der Waals surface area contributed by atoms with E-state index in [1.807, 2.05) is 0 Å². The predicted octanol–water partition coefficient (Wildman–Crippen LogP) is 2.60. The lowest BCUT2D eigenvalue weighted by Gasteiger charge is -2.09. The highest BCUT2D eigenvalue weighted by molar-refractivity contribution is 6.29. The van der Waals surface area contributed by atoms with Gasteiger partial charge in [0, 0.05) is 26.3 Å². The van der Waals surface area contributed by atoms with Crippen molar-refractivity contribution in [3.05, 3.63) is 16.9 Å². The monoisotopic (exact) mass is 269 g/mol. The van der Waals surface area contributed by atoms with E-state index in [2.05, 4.69) is 15.3 Å². The molecule has 0 unspecified atom stereocenters. The number of aromatic nitrogens is 2. The van der Waals surface area contributed by atoms with Crippen molar-refractivity contribution >= 4 is 17.5 Å². The Kier molecular flexibility index (Phi) is 4.95. The van der Waals surface area contributed by atoms with Crippen LogP contribution in [0.5, 0.6) is 0 Å². The van der Waals surface area contributed by atoms with Crippen LogP contribution in [0.2, 0.25) is 5.15 Å². The standard InChI is InChI=1S/C9H11ClF3N3O/c1-17-4-2-3-14-8-15-6(9(11,12)13)5-7(10)16-8/h5H,2-4H2,1H3,(H,14,15,16). The van der Waals surface area contributed by atoms with Gasteiger partial charge in [-0.15, -0.1) is 0 Å². The molecule has 1 aromatic heterocycles. The van der Waals surface area contributed by atoms with E-state index in [1.165, 1.54) is 7.11 Å². The number of ether oxygens (including phenoxy) is 1. The van der Waals surface area contributed by atoms with E-state index < -0.39 is 11.9 Å². The van der Waals surface area contributed by atoms with E-state index >= 15 is 0 Å².